The van der Waals surface area contributed by atoms with E-state index in [-0.39, 0.29) is 30.5 Å². The summed E-state index contributed by atoms with van der Waals surface area (Å²) in [5.41, 5.74) is -0.233. The number of piperidine rings is 1. The maximum atomic E-state index is 12.1. The third-order valence-electron chi connectivity index (χ3n) is 3.71. The van der Waals surface area contributed by atoms with Crippen LogP contribution in [-0.2, 0) is 9.47 Å². The SMILES string of the molecule is COCNC(=O)c1cccc(OC2CCN(C(=O)OC(C)(C)C)CC2)n1. The van der Waals surface area contributed by atoms with Gasteiger partial charge < -0.3 is 24.4 Å². The van der Waals surface area contributed by atoms with Gasteiger partial charge in [-0.05, 0) is 26.8 Å². The number of hydrogen-bond acceptors (Lipinski definition) is 6. The van der Waals surface area contributed by atoms with E-state index in [4.69, 9.17) is 14.2 Å². The lowest BCUT2D eigenvalue weighted by atomic mass is 10.1. The van der Waals surface area contributed by atoms with Gasteiger partial charge in [0.05, 0.1) is 0 Å². The molecule has 144 valence electrons. The second kappa shape index (κ2) is 8.84. The first-order chi connectivity index (χ1) is 12.3. The van der Waals surface area contributed by atoms with Crippen molar-refractivity contribution in [2.75, 3.05) is 26.9 Å². The Morgan fingerprint density at radius 3 is 2.58 bits per heavy atom. The van der Waals surface area contributed by atoms with E-state index in [1.165, 1.54) is 7.11 Å². The third kappa shape index (κ3) is 6.18. The van der Waals surface area contributed by atoms with Crippen LogP contribution in [0.4, 0.5) is 4.79 Å². The Balaban J connectivity index is 1.86. The van der Waals surface area contributed by atoms with E-state index in [0.29, 0.717) is 31.8 Å². The summed E-state index contributed by atoms with van der Waals surface area (Å²) in [5.74, 6) is 0.0721. The molecule has 1 aromatic heterocycles. The van der Waals surface area contributed by atoms with Gasteiger partial charge in [0.1, 0.15) is 24.1 Å². The normalized spacial score (nSPS) is 15.5. The molecule has 2 rings (SSSR count). The van der Waals surface area contributed by atoms with E-state index in [1.807, 2.05) is 20.8 Å². The molecule has 0 atom stereocenters. The van der Waals surface area contributed by atoms with Crippen molar-refractivity contribution in [1.29, 1.82) is 0 Å². The monoisotopic (exact) mass is 365 g/mol. The van der Waals surface area contributed by atoms with E-state index in [9.17, 15) is 9.59 Å². The van der Waals surface area contributed by atoms with Crippen LogP contribution in [0.3, 0.4) is 0 Å². The molecule has 0 bridgehead atoms. The van der Waals surface area contributed by atoms with Gasteiger partial charge in [-0.2, -0.15) is 0 Å². The molecule has 2 amide bonds. The van der Waals surface area contributed by atoms with Crippen LogP contribution < -0.4 is 10.1 Å². The summed E-state index contributed by atoms with van der Waals surface area (Å²) >= 11 is 0. The number of carbonyl (C=O) groups is 2. The van der Waals surface area contributed by atoms with Crippen molar-refractivity contribution in [3.8, 4) is 5.88 Å². The number of pyridine rings is 1. The highest BCUT2D eigenvalue weighted by molar-refractivity contribution is 5.92. The summed E-state index contributed by atoms with van der Waals surface area (Å²) in [4.78, 5) is 29.9. The molecule has 0 radical (unpaired) electrons. The number of nitrogens with one attached hydrogen (secondary N) is 1. The van der Waals surface area contributed by atoms with Crippen LogP contribution in [0.2, 0.25) is 0 Å². The molecule has 1 aliphatic heterocycles. The molecule has 1 fully saturated rings. The lowest BCUT2D eigenvalue weighted by Gasteiger charge is -2.33. The minimum absolute atomic E-state index is 0.0570. The van der Waals surface area contributed by atoms with E-state index in [2.05, 4.69) is 10.3 Å². The summed E-state index contributed by atoms with van der Waals surface area (Å²) in [6.07, 6.45) is 1.01. The molecular formula is C18H27N3O5. The molecule has 0 unspecified atom stereocenters. The second-order valence-electron chi connectivity index (χ2n) is 7.08. The number of nitrogens with zero attached hydrogens (tertiary/aromatic N) is 2. The summed E-state index contributed by atoms with van der Waals surface area (Å²) in [7, 11) is 1.50. The molecule has 1 aromatic rings. The fraction of sp³-hybridized carbons (Fsp3) is 0.611. The van der Waals surface area contributed by atoms with Crippen molar-refractivity contribution < 1.29 is 23.8 Å². The fourth-order valence-electron chi connectivity index (χ4n) is 2.49. The van der Waals surface area contributed by atoms with E-state index < -0.39 is 5.60 Å². The zero-order valence-corrected chi connectivity index (χ0v) is 15.8. The molecule has 8 heteroatoms. The summed E-state index contributed by atoms with van der Waals surface area (Å²) in [5, 5.41) is 2.58. The number of amides is 2. The zero-order chi connectivity index (χ0) is 19.2. The van der Waals surface area contributed by atoms with Crippen molar-refractivity contribution in [2.45, 2.75) is 45.3 Å². The number of likely N-dealkylation sites (tertiary alicyclic amines) is 1. The largest absolute Gasteiger partial charge is 0.474 e. The second-order valence-corrected chi connectivity index (χ2v) is 7.08. The Morgan fingerprint density at radius 2 is 1.96 bits per heavy atom. The number of ether oxygens (including phenoxy) is 3. The van der Waals surface area contributed by atoms with Crippen LogP contribution in [0.15, 0.2) is 18.2 Å². The topological polar surface area (TPSA) is 90.0 Å². The molecule has 2 heterocycles. The predicted molar refractivity (Wildman–Crippen MR) is 95.0 cm³/mol. The van der Waals surface area contributed by atoms with Crippen molar-refractivity contribution >= 4 is 12.0 Å². The molecule has 26 heavy (non-hydrogen) atoms. The van der Waals surface area contributed by atoms with E-state index in [1.54, 1.807) is 23.1 Å². The zero-order valence-electron chi connectivity index (χ0n) is 15.8. The molecule has 1 N–H and O–H groups in total. The quantitative estimate of drug-likeness (QED) is 0.805. The van der Waals surface area contributed by atoms with Crippen molar-refractivity contribution in [2.24, 2.45) is 0 Å². The van der Waals surface area contributed by atoms with Crippen LogP contribution in [0.1, 0.15) is 44.1 Å². The molecule has 0 saturated carbocycles. The third-order valence-corrected chi connectivity index (χ3v) is 3.71. The van der Waals surface area contributed by atoms with Gasteiger partial charge in [-0.3, -0.25) is 4.79 Å². The van der Waals surface area contributed by atoms with E-state index in [0.717, 1.165) is 0 Å². The molecule has 0 aromatic carbocycles. The van der Waals surface area contributed by atoms with Crippen LogP contribution >= 0.6 is 0 Å². The lowest BCUT2D eigenvalue weighted by molar-refractivity contribution is 0.0122. The molecule has 8 nitrogen and oxygen atoms in total. The molecule has 1 saturated heterocycles. The average Bonchev–Trinajstić information content (AvgIpc) is 2.59. The van der Waals surface area contributed by atoms with Crippen molar-refractivity contribution in [1.82, 2.24) is 15.2 Å². The first-order valence-corrected chi connectivity index (χ1v) is 8.67. The maximum Gasteiger partial charge on any atom is 0.410 e. The Morgan fingerprint density at radius 1 is 1.27 bits per heavy atom. The van der Waals surface area contributed by atoms with Gasteiger partial charge in [0.2, 0.25) is 5.88 Å². The first kappa shape index (κ1) is 20.0. The van der Waals surface area contributed by atoms with Gasteiger partial charge >= 0.3 is 6.09 Å². The highest BCUT2D eigenvalue weighted by atomic mass is 16.6. The Bertz CT molecular complexity index is 621. The van der Waals surface area contributed by atoms with Gasteiger partial charge in [-0.1, -0.05) is 6.07 Å². The maximum absolute atomic E-state index is 12.1. The van der Waals surface area contributed by atoms with Crippen LogP contribution in [0, 0.1) is 0 Å². The molecule has 0 aliphatic carbocycles. The molecule has 0 spiro atoms. The number of hydrogen-bond donors (Lipinski definition) is 1. The number of methoxy groups -OCH3 is 1. The standard InChI is InChI=1S/C18H27N3O5/c1-18(2,3)26-17(23)21-10-8-13(9-11-21)25-15-7-5-6-14(20-15)16(22)19-12-24-4/h5-7,13H,8-12H2,1-4H3,(H,19,22). The van der Waals surface area contributed by atoms with Gasteiger partial charge in [-0.15, -0.1) is 0 Å². The number of carbonyl (C=O) groups excluding carboxylic acids is 2. The van der Waals surface area contributed by atoms with Gasteiger partial charge in [-0.25, -0.2) is 9.78 Å². The smallest absolute Gasteiger partial charge is 0.410 e. The fourth-order valence-corrected chi connectivity index (χ4v) is 2.49. The highest BCUT2D eigenvalue weighted by Crippen LogP contribution is 2.19. The van der Waals surface area contributed by atoms with Gasteiger partial charge in [0, 0.05) is 39.1 Å². The minimum Gasteiger partial charge on any atom is -0.474 e. The Labute approximate surface area is 153 Å². The van der Waals surface area contributed by atoms with E-state index >= 15 is 0 Å². The lowest BCUT2D eigenvalue weighted by Crippen LogP contribution is -2.44. The molecule has 1 aliphatic rings. The van der Waals surface area contributed by atoms with Gasteiger partial charge in [0.15, 0.2) is 0 Å². The Hall–Kier alpha value is -2.35. The number of rotatable bonds is 5. The average molecular weight is 365 g/mol. The van der Waals surface area contributed by atoms with Crippen molar-refractivity contribution in [3.05, 3.63) is 23.9 Å². The summed E-state index contributed by atoms with van der Waals surface area (Å²) in [6, 6.07) is 5.05. The summed E-state index contributed by atoms with van der Waals surface area (Å²) < 4.78 is 16.1. The predicted octanol–water partition coefficient (Wildman–Crippen LogP) is 2.19. The van der Waals surface area contributed by atoms with Crippen LogP contribution in [-0.4, -0.2) is 60.5 Å². The van der Waals surface area contributed by atoms with Gasteiger partial charge in [0.25, 0.3) is 5.91 Å². The highest BCUT2D eigenvalue weighted by Gasteiger charge is 2.27. The summed E-state index contributed by atoms with van der Waals surface area (Å²) in [6.45, 7) is 6.79. The Kier molecular flexibility index (Phi) is 6.79. The van der Waals surface area contributed by atoms with Crippen molar-refractivity contribution in [3.63, 3.8) is 0 Å². The molecular weight excluding hydrogens is 338 g/mol. The van der Waals surface area contributed by atoms with Crippen LogP contribution in [0.25, 0.3) is 0 Å². The number of aromatic nitrogens is 1. The van der Waals surface area contributed by atoms with Crippen LogP contribution in [0.5, 0.6) is 5.88 Å². The first-order valence-electron chi connectivity index (χ1n) is 8.67. The minimum atomic E-state index is -0.502.